The number of halogens is 2. The molecule has 0 saturated carbocycles. The molecular formula is C11H12Cl2. The van der Waals surface area contributed by atoms with Crippen LogP contribution in [0.5, 0.6) is 0 Å². The number of allylic oxidation sites excluding steroid dienone is 1. The SMILES string of the molecule is Cc1cccc(C=CCCCl)c1Cl. The first-order valence-corrected chi connectivity index (χ1v) is 5.14. The van der Waals surface area contributed by atoms with E-state index in [0.29, 0.717) is 5.88 Å². The maximum atomic E-state index is 6.09. The predicted octanol–water partition coefficient (Wildman–Crippen LogP) is 4.29. The summed E-state index contributed by atoms with van der Waals surface area (Å²) in [5.74, 6) is 0.653. The summed E-state index contributed by atoms with van der Waals surface area (Å²) in [4.78, 5) is 0. The standard InChI is InChI=1S/C11H12Cl2/c1-9-5-4-7-10(11(9)13)6-2-3-8-12/h2,4-7H,3,8H2,1H3. The molecule has 1 rings (SSSR count). The largest absolute Gasteiger partial charge is 0.126 e. The number of aryl methyl sites for hydroxylation is 1. The Morgan fingerprint density at radius 3 is 2.85 bits per heavy atom. The molecule has 0 unspecified atom stereocenters. The Hall–Kier alpha value is -0.460. The zero-order chi connectivity index (χ0) is 9.68. The van der Waals surface area contributed by atoms with Gasteiger partial charge in [0.05, 0.1) is 5.02 Å². The van der Waals surface area contributed by atoms with Gasteiger partial charge in [0.15, 0.2) is 0 Å². The molecule has 0 aliphatic rings. The highest BCUT2D eigenvalue weighted by Gasteiger charge is 1.97. The molecule has 1 aromatic rings. The molecule has 0 heterocycles. The van der Waals surface area contributed by atoms with Gasteiger partial charge in [-0.05, 0) is 24.5 Å². The number of rotatable bonds is 3. The third-order valence-corrected chi connectivity index (χ3v) is 2.53. The van der Waals surface area contributed by atoms with Crippen LogP contribution in [0.2, 0.25) is 5.02 Å². The molecule has 13 heavy (non-hydrogen) atoms. The van der Waals surface area contributed by atoms with Gasteiger partial charge in [0.1, 0.15) is 0 Å². The van der Waals surface area contributed by atoms with E-state index in [0.717, 1.165) is 22.6 Å². The smallest absolute Gasteiger partial charge is 0.0507 e. The van der Waals surface area contributed by atoms with Gasteiger partial charge in [0, 0.05) is 5.88 Å². The lowest BCUT2D eigenvalue weighted by Gasteiger charge is -2.00. The molecule has 0 radical (unpaired) electrons. The minimum Gasteiger partial charge on any atom is -0.126 e. The minimum atomic E-state index is 0.653. The summed E-state index contributed by atoms with van der Waals surface area (Å²) in [6, 6.07) is 6.00. The lowest BCUT2D eigenvalue weighted by molar-refractivity contribution is 1.24. The van der Waals surface area contributed by atoms with E-state index in [2.05, 4.69) is 0 Å². The highest BCUT2D eigenvalue weighted by atomic mass is 35.5. The topological polar surface area (TPSA) is 0 Å². The van der Waals surface area contributed by atoms with E-state index in [-0.39, 0.29) is 0 Å². The van der Waals surface area contributed by atoms with Crippen LogP contribution in [-0.2, 0) is 0 Å². The summed E-state index contributed by atoms with van der Waals surface area (Å²) in [7, 11) is 0. The van der Waals surface area contributed by atoms with Crippen LogP contribution < -0.4 is 0 Å². The van der Waals surface area contributed by atoms with Gasteiger partial charge in [-0.3, -0.25) is 0 Å². The Balaban J connectivity index is 2.83. The van der Waals surface area contributed by atoms with E-state index in [1.165, 1.54) is 0 Å². The second-order valence-corrected chi connectivity index (χ2v) is 3.61. The van der Waals surface area contributed by atoms with Crippen molar-refractivity contribution in [3.8, 4) is 0 Å². The molecule has 0 atom stereocenters. The zero-order valence-electron chi connectivity index (χ0n) is 7.56. The van der Waals surface area contributed by atoms with Crippen LogP contribution in [0.1, 0.15) is 17.5 Å². The summed E-state index contributed by atoms with van der Waals surface area (Å²) in [5, 5.41) is 0.827. The van der Waals surface area contributed by atoms with E-state index in [1.807, 2.05) is 37.3 Å². The molecule has 70 valence electrons. The van der Waals surface area contributed by atoms with Crippen molar-refractivity contribution in [2.24, 2.45) is 0 Å². The number of hydrogen-bond acceptors (Lipinski definition) is 0. The molecule has 0 amide bonds. The second kappa shape index (κ2) is 5.31. The first-order chi connectivity index (χ1) is 6.25. The van der Waals surface area contributed by atoms with Gasteiger partial charge in [0.2, 0.25) is 0 Å². The summed E-state index contributed by atoms with van der Waals surface area (Å²) in [5.41, 5.74) is 2.17. The fraction of sp³-hybridized carbons (Fsp3) is 0.273. The Bertz CT molecular complexity index is 303. The van der Waals surface area contributed by atoms with Gasteiger partial charge in [-0.25, -0.2) is 0 Å². The highest BCUT2D eigenvalue weighted by Crippen LogP contribution is 2.21. The fourth-order valence-corrected chi connectivity index (χ4v) is 1.39. The van der Waals surface area contributed by atoms with E-state index in [1.54, 1.807) is 0 Å². The number of benzene rings is 1. The monoisotopic (exact) mass is 214 g/mol. The predicted molar refractivity (Wildman–Crippen MR) is 60.6 cm³/mol. The molecule has 1 aromatic carbocycles. The van der Waals surface area contributed by atoms with Crippen LogP contribution in [-0.4, -0.2) is 5.88 Å². The maximum Gasteiger partial charge on any atom is 0.0507 e. The number of hydrogen-bond donors (Lipinski definition) is 0. The second-order valence-electron chi connectivity index (χ2n) is 2.86. The van der Waals surface area contributed by atoms with Gasteiger partial charge in [-0.2, -0.15) is 0 Å². The Morgan fingerprint density at radius 1 is 1.38 bits per heavy atom. The lowest BCUT2D eigenvalue weighted by atomic mass is 10.1. The van der Waals surface area contributed by atoms with Crippen molar-refractivity contribution in [1.29, 1.82) is 0 Å². The summed E-state index contributed by atoms with van der Waals surface area (Å²) in [6.45, 7) is 2.00. The Kier molecular flexibility index (Phi) is 4.34. The van der Waals surface area contributed by atoms with Gasteiger partial charge < -0.3 is 0 Å². The first-order valence-electron chi connectivity index (χ1n) is 4.23. The first kappa shape index (κ1) is 10.6. The molecule has 0 aliphatic heterocycles. The normalized spacial score (nSPS) is 11.0. The van der Waals surface area contributed by atoms with Gasteiger partial charge in [-0.1, -0.05) is 42.0 Å². The average Bonchev–Trinajstić information content (AvgIpc) is 2.13. The van der Waals surface area contributed by atoms with E-state index >= 15 is 0 Å². The molecule has 0 spiro atoms. The average molecular weight is 215 g/mol. The summed E-state index contributed by atoms with van der Waals surface area (Å²) < 4.78 is 0. The van der Waals surface area contributed by atoms with Gasteiger partial charge in [-0.15, -0.1) is 11.6 Å². The molecule has 2 heteroatoms. The van der Waals surface area contributed by atoms with Crippen molar-refractivity contribution in [1.82, 2.24) is 0 Å². The third kappa shape index (κ3) is 3.06. The molecule has 0 nitrogen and oxygen atoms in total. The van der Waals surface area contributed by atoms with Crippen LogP contribution in [0, 0.1) is 6.92 Å². The highest BCUT2D eigenvalue weighted by molar-refractivity contribution is 6.32. The van der Waals surface area contributed by atoms with Crippen molar-refractivity contribution in [2.75, 3.05) is 5.88 Å². The maximum absolute atomic E-state index is 6.09. The van der Waals surface area contributed by atoms with E-state index in [9.17, 15) is 0 Å². The lowest BCUT2D eigenvalue weighted by Crippen LogP contribution is -1.79. The molecule has 0 saturated heterocycles. The Labute approximate surface area is 89.2 Å². The van der Waals surface area contributed by atoms with E-state index < -0.39 is 0 Å². The van der Waals surface area contributed by atoms with Crippen molar-refractivity contribution in [3.05, 3.63) is 40.4 Å². The molecule has 0 fully saturated rings. The van der Waals surface area contributed by atoms with Gasteiger partial charge in [0.25, 0.3) is 0 Å². The van der Waals surface area contributed by atoms with Crippen LogP contribution in [0.15, 0.2) is 24.3 Å². The van der Waals surface area contributed by atoms with Crippen LogP contribution >= 0.6 is 23.2 Å². The Morgan fingerprint density at radius 2 is 2.15 bits per heavy atom. The molecule has 0 bridgehead atoms. The van der Waals surface area contributed by atoms with Crippen molar-refractivity contribution >= 4 is 29.3 Å². The van der Waals surface area contributed by atoms with Crippen molar-refractivity contribution in [3.63, 3.8) is 0 Å². The van der Waals surface area contributed by atoms with Gasteiger partial charge >= 0.3 is 0 Å². The molecule has 0 N–H and O–H groups in total. The third-order valence-electron chi connectivity index (χ3n) is 1.79. The van der Waals surface area contributed by atoms with Crippen LogP contribution in [0.4, 0.5) is 0 Å². The van der Waals surface area contributed by atoms with Crippen molar-refractivity contribution in [2.45, 2.75) is 13.3 Å². The minimum absolute atomic E-state index is 0.653. The molecule has 0 aliphatic carbocycles. The number of alkyl halides is 1. The zero-order valence-corrected chi connectivity index (χ0v) is 9.07. The summed E-state index contributed by atoms with van der Waals surface area (Å²) >= 11 is 11.6. The fourth-order valence-electron chi connectivity index (χ4n) is 1.07. The van der Waals surface area contributed by atoms with Crippen molar-refractivity contribution < 1.29 is 0 Å². The summed E-state index contributed by atoms with van der Waals surface area (Å²) in [6.07, 6.45) is 4.93. The molecular weight excluding hydrogens is 203 g/mol. The molecule has 0 aromatic heterocycles. The quantitative estimate of drug-likeness (QED) is 0.659. The van der Waals surface area contributed by atoms with E-state index in [4.69, 9.17) is 23.2 Å². The van der Waals surface area contributed by atoms with Crippen LogP contribution in [0.3, 0.4) is 0 Å². The van der Waals surface area contributed by atoms with Crippen LogP contribution in [0.25, 0.3) is 6.08 Å².